The number of nitrogens with zero attached hydrogens (tertiary/aromatic N) is 2. The Kier molecular flexibility index (Phi) is 7.51. The monoisotopic (exact) mass is 460 g/mol. The van der Waals surface area contributed by atoms with Crippen LogP contribution in [-0.4, -0.2) is 72.4 Å². The molecule has 0 spiro atoms. The molecule has 1 aromatic heterocycles. The molecular formula is C24H33ClN4O3. The summed E-state index contributed by atoms with van der Waals surface area (Å²) >= 11 is 6.48. The molecule has 1 aromatic carbocycles. The highest BCUT2D eigenvalue weighted by Crippen LogP contribution is 2.33. The van der Waals surface area contributed by atoms with Gasteiger partial charge in [0.2, 0.25) is 0 Å². The highest BCUT2D eigenvalue weighted by molar-refractivity contribution is 6.35. The number of carbonyl (C=O) groups excluding carboxylic acids is 1. The minimum absolute atomic E-state index is 0.141. The number of aliphatic hydroxyl groups is 1. The van der Waals surface area contributed by atoms with Crippen molar-refractivity contribution in [2.24, 2.45) is 5.92 Å². The fourth-order valence-electron chi connectivity index (χ4n) is 4.75. The topological polar surface area (TPSA) is 86.7 Å². The average molecular weight is 461 g/mol. The first-order chi connectivity index (χ1) is 15.5. The van der Waals surface area contributed by atoms with Crippen LogP contribution in [0, 0.1) is 5.92 Å². The average Bonchev–Trinajstić information content (AvgIpc) is 2.80. The molecule has 0 unspecified atom stereocenters. The van der Waals surface area contributed by atoms with Gasteiger partial charge in [-0.25, -0.2) is 0 Å². The molecule has 0 radical (unpaired) electrons. The Bertz CT molecular complexity index is 940. The second-order valence-corrected chi connectivity index (χ2v) is 9.38. The predicted octanol–water partition coefficient (Wildman–Crippen LogP) is 3.30. The van der Waals surface area contributed by atoms with Gasteiger partial charge in [-0.05, 0) is 57.0 Å². The van der Waals surface area contributed by atoms with Gasteiger partial charge >= 0.3 is 0 Å². The van der Waals surface area contributed by atoms with Crippen molar-refractivity contribution >= 4 is 34.1 Å². The summed E-state index contributed by atoms with van der Waals surface area (Å²) < 4.78 is 5.38. The Labute approximate surface area is 194 Å². The van der Waals surface area contributed by atoms with Crippen LogP contribution in [0.15, 0.2) is 24.4 Å². The van der Waals surface area contributed by atoms with E-state index in [1.54, 1.807) is 12.3 Å². The third-order valence-electron chi connectivity index (χ3n) is 6.64. The number of fused-ring (bicyclic) bond motifs is 1. The molecule has 32 heavy (non-hydrogen) atoms. The smallest absolute Gasteiger partial charge is 0.253 e. The summed E-state index contributed by atoms with van der Waals surface area (Å²) in [6, 6.07) is 5.50. The molecule has 1 amide bonds. The molecule has 2 saturated heterocycles. The molecule has 0 saturated carbocycles. The maximum atomic E-state index is 13.0. The van der Waals surface area contributed by atoms with Gasteiger partial charge in [0, 0.05) is 57.3 Å². The molecule has 2 fully saturated rings. The fourth-order valence-corrected chi connectivity index (χ4v) is 5.03. The van der Waals surface area contributed by atoms with Crippen LogP contribution in [0.25, 0.3) is 10.9 Å². The largest absolute Gasteiger partial charge is 0.388 e. The van der Waals surface area contributed by atoms with Gasteiger partial charge in [-0.15, -0.1) is 0 Å². The zero-order valence-electron chi connectivity index (χ0n) is 18.7. The van der Waals surface area contributed by atoms with Crippen molar-refractivity contribution < 1.29 is 14.6 Å². The van der Waals surface area contributed by atoms with Crippen molar-refractivity contribution in [1.82, 2.24) is 15.2 Å². The quantitative estimate of drug-likeness (QED) is 0.587. The van der Waals surface area contributed by atoms with Crippen LogP contribution < -0.4 is 10.6 Å². The maximum Gasteiger partial charge on any atom is 0.253 e. The number of ether oxygens (including phenoxy) is 1. The zero-order valence-corrected chi connectivity index (χ0v) is 19.5. The van der Waals surface area contributed by atoms with Gasteiger partial charge in [0.15, 0.2) is 0 Å². The summed E-state index contributed by atoms with van der Waals surface area (Å²) in [5.74, 6) is 0.285. The fraction of sp³-hybridized carbons (Fsp3) is 0.583. The second-order valence-electron chi connectivity index (χ2n) is 8.98. The maximum absolute atomic E-state index is 13.0. The lowest BCUT2D eigenvalue weighted by molar-refractivity contribution is -0.0829. The Hall–Kier alpha value is -1.93. The van der Waals surface area contributed by atoms with Crippen LogP contribution >= 0.6 is 11.6 Å². The number of carbonyl (C=O) groups is 1. The number of amides is 1. The van der Waals surface area contributed by atoms with Gasteiger partial charge < -0.3 is 25.4 Å². The minimum atomic E-state index is -0.620. The van der Waals surface area contributed by atoms with E-state index in [2.05, 4.69) is 20.5 Å². The Balaban J connectivity index is 1.34. The molecule has 3 heterocycles. The number of aromatic nitrogens is 1. The predicted molar refractivity (Wildman–Crippen MR) is 127 cm³/mol. The van der Waals surface area contributed by atoms with Crippen molar-refractivity contribution in [2.45, 2.75) is 38.2 Å². The van der Waals surface area contributed by atoms with Crippen molar-refractivity contribution in [3.05, 3.63) is 35.0 Å². The minimum Gasteiger partial charge on any atom is -0.388 e. The first-order valence-corrected chi connectivity index (χ1v) is 12.0. The lowest BCUT2D eigenvalue weighted by atomic mass is 9.91. The van der Waals surface area contributed by atoms with E-state index < -0.39 is 5.60 Å². The number of β-amino-alcohol motifs (C(OH)–C–C–N with tert-alkyl or cyclic N) is 1. The van der Waals surface area contributed by atoms with E-state index in [1.807, 2.05) is 19.1 Å². The Morgan fingerprint density at radius 2 is 2.09 bits per heavy atom. The van der Waals surface area contributed by atoms with Crippen LogP contribution in [0.4, 0.5) is 5.69 Å². The van der Waals surface area contributed by atoms with Crippen molar-refractivity contribution in [3.8, 4) is 0 Å². The van der Waals surface area contributed by atoms with Crippen LogP contribution in [0.3, 0.4) is 0 Å². The van der Waals surface area contributed by atoms with E-state index in [4.69, 9.17) is 16.3 Å². The van der Waals surface area contributed by atoms with Gasteiger partial charge in [0.1, 0.15) is 0 Å². The lowest BCUT2D eigenvalue weighted by Gasteiger charge is -2.39. The van der Waals surface area contributed by atoms with Gasteiger partial charge in [0.25, 0.3) is 5.91 Å². The van der Waals surface area contributed by atoms with E-state index in [-0.39, 0.29) is 5.91 Å². The number of nitrogens with one attached hydrogen (secondary N) is 2. The number of rotatable bonds is 7. The summed E-state index contributed by atoms with van der Waals surface area (Å²) in [7, 11) is 0. The van der Waals surface area contributed by atoms with Crippen molar-refractivity contribution in [3.63, 3.8) is 0 Å². The van der Waals surface area contributed by atoms with Gasteiger partial charge in [0.05, 0.1) is 27.4 Å². The van der Waals surface area contributed by atoms with Crippen LogP contribution in [0.2, 0.25) is 5.02 Å². The number of likely N-dealkylation sites (tertiary alicyclic amines) is 1. The number of pyridine rings is 1. The standard InChI is InChI=1S/C24H33ClN4O3/c1-2-26-22-18-4-3-9-27-21(18)19(14-20(22)25)23(30)28-15-17-5-10-29(11-6-17)16-24(31)7-12-32-13-8-24/h3-4,9,14,17,26,31H,2,5-8,10-13,15-16H2,1H3,(H,28,30). The molecule has 0 bridgehead atoms. The number of halogens is 1. The van der Waals surface area contributed by atoms with E-state index in [1.165, 1.54) is 0 Å². The van der Waals surface area contributed by atoms with Gasteiger partial charge in [-0.2, -0.15) is 0 Å². The normalized spacial score (nSPS) is 19.7. The van der Waals surface area contributed by atoms with Crippen LogP contribution in [0.1, 0.15) is 43.0 Å². The Morgan fingerprint density at radius 1 is 1.34 bits per heavy atom. The summed E-state index contributed by atoms with van der Waals surface area (Å²) in [5, 5.41) is 18.5. The van der Waals surface area contributed by atoms with Crippen LogP contribution in [-0.2, 0) is 4.74 Å². The molecule has 2 aromatic rings. The van der Waals surface area contributed by atoms with E-state index >= 15 is 0 Å². The number of hydrogen-bond acceptors (Lipinski definition) is 6. The first kappa shape index (κ1) is 23.2. The lowest BCUT2D eigenvalue weighted by Crippen LogP contribution is -2.49. The molecule has 4 rings (SSSR count). The summed E-state index contributed by atoms with van der Waals surface area (Å²) in [5.41, 5.74) is 1.36. The van der Waals surface area contributed by atoms with Gasteiger partial charge in [-0.1, -0.05) is 11.6 Å². The number of hydrogen-bond donors (Lipinski definition) is 3. The highest BCUT2D eigenvalue weighted by atomic mass is 35.5. The van der Waals surface area contributed by atoms with Gasteiger partial charge in [-0.3, -0.25) is 9.78 Å². The highest BCUT2D eigenvalue weighted by Gasteiger charge is 2.33. The van der Waals surface area contributed by atoms with Crippen molar-refractivity contribution in [1.29, 1.82) is 0 Å². The van der Waals surface area contributed by atoms with E-state index in [9.17, 15) is 9.90 Å². The summed E-state index contributed by atoms with van der Waals surface area (Å²) in [6.45, 7) is 7.25. The molecule has 2 aliphatic rings. The molecule has 2 aliphatic heterocycles. The number of anilines is 1. The molecule has 0 atom stereocenters. The molecule has 174 valence electrons. The third kappa shape index (κ3) is 5.34. The third-order valence-corrected chi connectivity index (χ3v) is 6.94. The first-order valence-electron chi connectivity index (χ1n) is 11.6. The second kappa shape index (κ2) is 10.3. The number of piperidine rings is 1. The molecular weight excluding hydrogens is 428 g/mol. The van der Waals surface area contributed by atoms with Crippen molar-refractivity contribution in [2.75, 3.05) is 51.3 Å². The molecule has 8 heteroatoms. The molecule has 3 N–H and O–H groups in total. The summed E-state index contributed by atoms with van der Waals surface area (Å²) in [4.78, 5) is 19.8. The van der Waals surface area contributed by atoms with Crippen LogP contribution in [0.5, 0.6) is 0 Å². The van der Waals surface area contributed by atoms with E-state index in [0.717, 1.165) is 43.5 Å². The van der Waals surface area contributed by atoms with E-state index in [0.29, 0.717) is 61.2 Å². The SMILES string of the molecule is CCNc1c(Cl)cc(C(=O)NCC2CCN(CC3(O)CCOCC3)CC2)c2ncccc12. The summed E-state index contributed by atoms with van der Waals surface area (Å²) in [6.07, 6.45) is 5.13. The number of benzene rings is 1. The zero-order chi connectivity index (χ0) is 22.6. The molecule has 0 aliphatic carbocycles. The molecule has 7 nitrogen and oxygen atoms in total. The Morgan fingerprint density at radius 3 is 2.81 bits per heavy atom.